The predicted molar refractivity (Wildman–Crippen MR) is 41.7 cm³/mol. The SMILES string of the molecule is COC[C@H]1[C@H](CN)C1(C)C. The molecule has 0 aromatic heterocycles. The monoisotopic (exact) mass is 143 g/mol. The van der Waals surface area contributed by atoms with E-state index in [1.807, 2.05) is 0 Å². The molecule has 0 spiro atoms. The fraction of sp³-hybridized carbons (Fsp3) is 1.00. The van der Waals surface area contributed by atoms with Crippen LogP contribution < -0.4 is 5.73 Å². The third-order valence-corrected chi connectivity index (χ3v) is 2.89. The molecule has 0 saturated heterocycles. The molecule has 0 aromatic rings. The van der Waals surface area contributed by atoms with Crippen LogP contribution in [0, 0.1) is 17.3 Å². The largest absolute Gasteiger partial charge is 0.384 e. The Bertz CT molecular complexity index is 122. The van der Waals surface area contributed by atoms with Crippen LogP contribution in [0.15, 0.2) is 0 Å². The van der Waals surface area contributed by atoms with Crippen LogP contribution in [-0.4, -0.2) is 20.3 Å². The average Bonchev–Trinajstić information content (AvgIpc) is 2.36. The predicted octanol–water partition coefficient (Wildman–Crippen LogP) is 0.864. The average molecular weight is 143 g/mol. The van der Waals surface area contributed by atoms with E-state index in [1.54, 1.807) is 7.11 Å². The zero-order chi connectivity index (χ0) is 7.78. The summed E-state index contributed by atoms with van der Waals surface area (Å²) in [5.74, 6) is 1.38. The first kappa shape index (κ1) is 8.02. The Labute approximate surface area is 62.7 Å². The smallest absolute Gasteiger partial charge is 0.0499 e. The molecule has 1 saturated carbocycles. The molecule has 2 N–H and O–H groups in total. The van der Waals surface area contributed by atoms with Crippen LogP contribution in [-0.2, 0) is 4.74 Å². The quantitative estimate of drug-likeness (QED) is 0.636. The van der Waals surface area contributed by atoms with E-state index in [2.05, 4.69) is 13.8 Å². The van der Waals surface area contributed by atoms with Gasteiger partial charge in [-0.2, -0.15) is 0 Å². The summed E-state index contributed by atoms with van der Waals surface area (Å²) in [4.78, 5) is 0. The number of hydrogen-bond donors (Lipinski definition) is 1. The molecule has 1 aliphatic rings. The molecule has 0 aromatic carbocycles. The lowest BCUT2D eigenvalue weighted by atomic mass is 10.1. The Kier molecular flexibility index (Phi) is 2.02. The molecule has 0 aliphatic heterocycles. The number of methoxy groups -OCH3 is 1. The van der Waals surface area contributed by atoms with Gasteiger partial charge in [-0.1, -0.05) is 13.8 Å². The Hall–Kier alpha value is -0.0800. The lowest BCUT2D eigenvalue weighted by Crippen LogP contribution is -2.05. The van der Waals surface area contributed by atoms with E-state index in [-0.39, 0.29) is 0 Å². The van der Waals surface area contributed by atoms with E-state index in [1.165, 1.54) is 0 Å². The van der Waals surface area contributed by atoms with Crippen LogP contribution in [0.25, 0.3) is 0 Å². The molecule has 0 unspecified atom stereocenters. The molecular weight excluding hydrogens is 126 g/mol. The molecule has 2 nitrogen and oxygen atoms in total. The summed E-state index contributed by atoms with van der Waals surface area (Å²) in [6, 6.07) is 0. The van der Waals surface area contributed by atoms with E-state index in [9.17, 15) is 0 Å². The summed E-state index contributed by atoms with van der Waals surface area (Å²) in [6.07, 6.45) is 0. The first-order valence-electron chi connectivity index (χ1n) is 3.83. The van der Waals surface area contributed by atoms with Crippen LogP contribution in [0.3, 0.4) is 0 Å². The van der Waals surface area contributed by atoms with Crippen LogP contribution in [0.2, 0.25) is 0 Å². The van der Waals surface area contributed by atoms with Crippen molar-refractivity contribution in [3.05, 3.63) is 0 Å². The standard InChI is InChI=1S/C8H17NO/c1-8(2)6(4-9)7(8)5-10-3/h6-7H,4-5,9H2,1-3H3/t6-,7-/m0/s1. The molecule has 2 atom stereocenters. The van der Waals surface area contributed by atoms with Crippen molar-refractivity contribution < 1.29 is 4.74 Å². The fourth-order valence-electron chi connectivity index (χ4n) is 1.84. The highest BCUT2D eigenvalue weighted by molar-refractivity contribution is 5.04. The van der Waals surface area contributed by atoms with E-state index >= 15 is 0 Å². The maximum absolute atomic E-state index is 5.57. The molecule has 1 fully saturated rings. The maximum Gasteiger partial charge on any atom is 0.0499 e. The van der Waals surface area contributed by atoms with Gasteiger partial charge in [0.2, 0.25) is 0 Å². The fourth-order valence-corrected chi connectivity index (χ4v) is 1.84. The van der Waals surface area contributed by atoms with Gasteiger partial charge in [0.05, 0.1) is 0 Å². The lowest BCUT2D eigenvalue weighted by Gasteiger charge is -1.99. The minimum absolute atomic E-state index is 0.435. The van der Waals surface area contributed by atoms with Crippen LogP contribution in [0.4, 0.5) is 0 Å². The summed E-state index contributed by atoms with van der Waals surface area (Å²) in [6.45, 7) is 6.19. The van der Waals surface area contributed by atoms with Crippen molar-refractivity contribution in [2.24, 2.45) is 23.0 Å². The Morgan fingerprint density at radius 1 is 1.40 bits per heavy atom. The second-order valence-corrected chi connectivity index (χ2v) is 3.73. The van der Waals surface area contributed by atoms with Gasteiger partial charge in [0.25, 0.3) is 0 Å². The van der Waals surface area contributed by atoms with Crippen molar-refractivity contribution in [1.29, 1.82) is 0 Å². The van der Waals surface area contributed by atoms with Gasteiger partial charge in [0, 0.05) is 13.7 Å². The number of nitrogens with two attached hydrogens (primary N) is 1. The van der Waals surface area contributed by atoms with Gasteiger partial charge in [-0.25, -0.2) is 0 Å². The Balaban J connectivity index is 2.37. The molecule has 2 heteroatoms. The molecule has 0 amide bonds. The second kappa shape index (κ2) is 2.51. The summed E-state index contributed by atoms with van der Waals surface area (Å²) >= 11 is 0. The molecule has 0 heterocycles. The Morgan fingerprint density at radius 3 is 2.30 bits per heavy atom. The van der Waals surface area contributed by atoms with Crippen LogP contribution in [0.1, 0.15) is 13.8 Å². The molecule has 0 bridgehead atoms. The van der Waals surface area contributed by atoms with E-state index < -0.39 is 0 Å². The normalized spacial score (nSPS) is 36.0. The summed E-state index contributed by atoms with van der Waals surface area (Å²) < 4.78 is 5.08. The third kappa shape index (κ3) is 1.06. The number of rotatable bonds is 3. The number of ether oxygens (including phenoxy) is 1. The van der Waals surface area contributed by atoms with Gasteiger partial charge >= 0.3 is 0 Å². The summed E-state index contributed by atoms with van der Waals surface area (Å²) in [5, 5.41) is 0. The van der Waals surface area contributed by atoms with Gasteiger partial charge in [-0.05, 0) is 23.8 Å². The molecule has 10 heavy (non-hydrogen) atoms. The highest BCUT2D eigenvalue weighted by Gasteiger charge is 2.56. The highest BCUT2D eigenvalue weighted by atomic mass is 16.5. The first-order chi connectivity index (χ1) is 4.64. The first-order valence-corrected chi connectivity index (χ1v) is 3.83. The molecule has 0 radical (unpaired) electrons. The highest BCUT2D eigenvalue weighted by Crippen LogP contribution is 2.57. The second-order valence-electron chi connectivity index (χ2n) is 3.73. The van der Waals surface area contributed by atoms with Crippen molar-refractivity contribution in [3.63, 3.8) is 0 Å². The van der Waals surface area contributed by atoms with Crippen molar-refractivity contribution in [3.8, 4) is 0 Å². The molecule has 1 aliphatic carbocycles. The summed E-state index contributed by atoms with van der Waals surface area (Å²) in [7, 11) is 1.75. The van der Waals surface area contributed by atoms with Crippen molar-refractivity contribution in [2.45, 2.75) is 13.8 Å². The van der Waals surface area contributed by atoms with Crippen molar-refractivity contribution >= 4 is 0 Å². The Morgan fingerprint density at radius 2 is 2.00 bits per heavy atom. The molecule has 60 valence electrons. The van der Waals surface area contributed by atoms with E-state index in [0.717, 1.165) is 13.2 Å². The zero-order valence-electron chi connectivity index (χ0n) is 7.05. The van der Waals surface area contributed by atoms with Gasteiger partial charge in [-0.15, -0.1) is 0 Å². The van der Waals surface area contributed by atoms with Gasteiger partial charge in [0.1, 0.15) is 0 Å². The minimum Gasteiger partial charge on any atom is -0.384 e. The van der Waals surface area contributed by atoms with Gasteiger partial charge in [-0.3, -0.25) is 0 Å². The van der Waals surface area contributed by atoms with Crippen molar-refractivity contribution in [1.82, 2.24) is 0 Å². The van der Waals surface area contributed by atoms with Crippen LogP contribution >= 0.6 is 0 Å². The number of hydrogen-bond acceptors (Lipinski definition) is 2. The van der Waals surface area contributed by atoms with E-state index in [0.29, 0.717) is 17.3 Å². The minimum atomic E-state index is 0.435. The van der Waals surface area contributed by atoms with Crippen LogP contribution in [0.5, 0.6) is 0 Å². The third-order valence-electron chi connectivity index (χ3n) is 2.89. The maximum atomic E-state index is 5.57. The van der Waals surface area contributed by atoms with Gasteiger partial charge < -0.3 is 10.5 Å². The molecular formula is C8H17NO. The van der Waals surface area contributed by atoms with Gasteiger partial charge in [0.15, 0.2) is 0 Å². The van der Waals surface area contributed by atoms with E-state index in [4.69, 9.17) is 10.5 Å². The molecule has 1 rings (SSSR count). The van der Waals surface area contributed by atoms with Crippen molar-refractivity contribution in [2.75, 3.05) is 20.3 Å². The zero-order valence-corrected chi connectivity index (χ0v) is 7.05. The lowest BCUT2D eigenvalue weighted by molar-refractivity contribution is 0.172. The summed E-state index contributed by atoms with van der Waals surface area (Å²) in [5.41, 5.74) is 6.01. The topological polar surface area (TPSA) is 35.2 Å².